The maximum atomic E-state index is 13.0. The quantitative estimate of drug-likeness (QED) is 0.303. The van der Waals surface area contributed by atoms with Gasteiger partial charge in [-0.2, -0.15) is 0 Å². The molecule has 3 N–H and O–H groups in total. The summed E-state index contributed by atoms with van der Waals surface area (Å²) >= 11 is 0. The summed E-state index contributed by atoms with van der Waals surface area (Å²) in [5.74, 6) is 1.39. The third kappa shape index (κ3) is 8.73. The van der Waals surface area contributed by atoms with E-state index in [0.717, 1.165) is 23.6 Å². The number of guanidine groups is 1. The number of aliphatic imine (C=N–C) groups is 1. The first-order valence-corrected chi connectivity index (χ1v) is 9.21. The minimum Gasteiger partial charge on any atom is -0.444 e. The minimum absolute atomic E-state index is 0. The standard InChI is InChI=1S/C20H29FN4O.HI/c1-14(2)5-4-6-15(3)24-20(22)23-12-11-18-13-26-19(25-18)16-7-9-17(21)10-8-16;/h7-10,13-15H,4-6,11-12H2,1-3H3,(H3,22,23,24);1H. The van der Waals surface area contributed by atoms with Crippen LogP contribution in [0.4, 0.5) is 4.39 Å². The molecule has 0 fully saturated rings. The van der Waals surface area contributed by atoms with Crippen molar-refractivity contribution in [3.8, 4) is 11.5 Å². The maximum absolute atomic E-state index is 13.0. The molecule has 1 aromatic carbocycles. The number of oxazole rings is 1. The summed E-state index contributed by atoms with van der Waals surface area (Å²) in [5.41, 5.74) is 7.49. The average Bonchev–Trinajstić information content (AvgIpc) is 3.04. The van der Waals surface area contributed by atoms with Crippen LogP contribution in [0.2, 0.25) is 0 Å². The zero-order valence-electron chi connectivity index (χ0n) is 16.2. The van der Waals surface area contributed by atoms with E-state index >= 15 is 0 Å². The largest absolute Gasteiger partial charge is 0.444 e. The normalized spacial score (nSPS) is 12.7. The Hall–Kier alpha value is -1.64. The second kappa shape index (κ2) is 11.9. The lowest BCUT2D eigenvalue weighted by Gasteiger charge is -2.14. The summed E-state index contributed by atoms with van der Waals surface area (Å²) in [6.45, 7) is 7.13. The number of hydrogen-bond donors (Lipinski definition) is 2. The van der Waals surface area contributed by atoms with E-state index in [-0.39, 0.29) is 29.8 Å². The molecule has 0 bridgehead atoms. The smallest absolute Gasteiger partial charge is 0.226 e. The fraction of sp³-hybridized carbons (Fsp3) is 0.500. The molecule has 5 nitrogen and oxygen atoms in total. The molecule has 0 spiro atoms. The Balaban J connectivity index is 0.00000364. The van der Waals surface area contributed by atoms with Crippen LogP contribution in [0.3, 0.4) is 0 Å². The Bertz CT molecular complexity index is 700. The van der Waals surface area contributed by atoms with Crippen molar-refractivity contribution in [2.75, 3.05) is 6.54 Å². The van der Waals surface area contributed by atoms with E-state index in [0.29, 0.717) is 30.9 Å². The van der Waals surface area contributed by atoms with Crippen LogP contribution in [-0.4, -0.2) is 23.5 Å². The van der Waals surface area contributed by atoms with Crippen molar-refractivity contribution < 1.29 is 8.81 Å². The summed E-state index contributed by atoms with van der Waals surface area (Å²) in [4.78, 5) is 8.75. The van der Waals surface area contributed by atoms with E-state index < -0.39 is 0 Å². The molecule has 27 heavy (non-hydrogen) atoms. The molecule has 0 aliphatic heterocycles. The van der Waals surface area contributed by atoms with Gasteiger partial charge in [-0.1, -0.05) is 26.7 Å². The topological polar surface area (TPSA) is 76.4 Å². The highest BCUT2D eigenvalue weighted by molar-refractivity contribution is 14.0. The Morgan fingerprint density at radius 1 is 1.22 bits per heavy atom. The lowest BCUT2D eigenvalue weighted by molar-refractivity contribution is 0.493. The van der Waals surface area contributed by atoms with Gasteiger partial charge < -0.3 is 15.5 Å². The summed E-state index contributed by atoms with van der Waals surface area (Å²) in [7, 11) is 0. The van der Waals surface area contributed by atoms with Crippen molar-refractivity contribution >= 4 is 29.9 Å². The van der Waals surface area contributed by atoms with Gasteiger partial charge in [0.15, 0.2) is 5.96 Å². The zero-order valence-corrected chi connectivity index (χ0v) is 18.6. The number of nitrogens with one attached hydrogen (secondary N) is 1. The lowest BCUT2D eigenvalue weighted by atomic mass is 10.0. The van der Waals surface area contributed by atoms with E-state index in [1.54, 1.807) is 18.4 Å². The van der Waals surface area contributed by atoms with Gasteiger partial charge in [-0.15, -0.1) is 24.0 Å². The number of nitrogens with two attached hydrogens (primary N) is 1. The third-order valence-corrected chi connectivity index (χ3v) is 4.11. The van der Waals surface area contributed by atoms with Gasteiger partial charge in [0, 0.05) is 24.6 Å². The second-order valence-corrected chi connectivity index (χ2v) is 7.04. The van der Waals surface area contributed by atoms with Gasteiger partial charge in [-0.05, 0) is 43.5 Å². The summed E-state index contributed by atoms with van der Waals surface area (Å²) < 4.78 is 18.4. The highest BCUT2D eigenvalue weighted by Crippen LogP contribution is 2.19. The van der Waals surface area contributed by atoms with E-state index in [9.17, 15) is 4.39 Å². The zero-order chi connectivity index (χ0) is 18.9. The van der Waals surface area contributed by atoms with Gasteiger partial charge in [0.2, 0.25) is 5.89 Å². The van der Waals surface area contributed by atoms with E-state index in [2.05, 4.69) is 36.1 Å². The highest BCUT2D eigenvalue weighted by atomic mass is 127. The predicted octanol–water partition coefficient (Wildman–Crippen LogP) is 4.76. The first kappa shape index (κ1) is 23.4. The lowest BCUT2D eigenvalue weighted by Crippen LogP contribution is -2.38. The van der Waals surface area contributed by atoms with Gasteiger partial charge in [0.05, 0.1) is 5.69 Å². The molecule has 0 aliphatic carbocycles. The van der Waals surface area contributed by atoms with Crippen LogP contribution in [0.5, 0.6) is 0 Å². The van der Waals surface area contributed by atoms with Gasteiger partial charge in [0.1, 0.15) is 12.1 Å². The third-order valence-electron chi connectivity index (χ3n) is 4.11. The minimum atomic E-state index is -0.281. The fourth-order valence-corrected chi connectivity index (χ4v) is 2.64. The van der Waals surface area contributed by atoms with Crippen LogP contribution in [0.15, 0.2) is 39.9 Å². The Morgan fingerprint density at radius 3 is 2.59 bits per heavy atom. The molecule has 0 radical (unpaired) electrons. The molecular formula is C20H30FIN4O. The number of aromatic nitrogens is 1. The molecule has 1 atom stereocenters. The van der Waals surface area contributed by atoms with Gasteiger partial charge in [-0.25, -0.2) is 9.37 Å². The molecule has 0 saturated heterocycles. The van der Waals surface area contributed by atoms with Gasteiger partial charge >= 0.3 is 0 Å². The number of halogens is 2. The number of benzene rings is 1. The van der Waals surface area contributed by atoms with Crippen molar-refractivity contribution in [3.63, 3.8) is 0 Å². The summed E-state index contributed by atoms with van der Waals surface area (Å²) in [6.07, 6.45) is 5.73. The maximum Gasteiger partial charge on any atom is 0.226 e. The van der Waals surface area contributed by atoms with Crippen LogP contribution in [-0.2, 0) is 6.42 Å². The Morgan fingerprint density at radius 2 is 1.93 bits per heavy atom. The van der Waals surface area contributed by atoms with Crippen LogP contribution in [0, 0.1) is 11.7 Å². The molecule has 0 aliphatic rings. The average molecular weight is 488 g/mol. The molecule has 2 aromatic rings. The Kier molecular flexibility index (Phi) is 10.4. The number of hydrogen-bond acceptors (Lipinski definition) is 3. The monoisotopic (exact) mass is 488 g/mol. The molecule has 2 rings (SSSR count). The van der Waals surface area contributed by atoms with Crippen LogP contribution < -0.4 is 11.1 Å². The van der Waals surface area contributed by atoms with E-state index in [4.69, 9.17) is 10.2 Å². The second-order valence-electron chi connectivity index (χ2n) is 7.04. The van der Waals surface area contributed by atoms with Crippen molar-refractivity contribution in [3.05, 3.63) is 42.0 Å². The van der Waals surface area contributed by atoms with Gasteiger partial charge in [-0.3, -0.25) is 4.99 Å². The van der Waals surface area contributed by atoms with Crippen molar-refractivity contribution in [2.45, 2.75) is 52.5 Å². The van der Waals surface area contributed by atoms with Crippen molar-refractivity contribution in [2.24, 2.45) is 16.6 Å². The molecule has 150 valence electrons. The SMILES string of the molecule is CC(C)CCCC(C)NC(N)=NCCc1coc(-c2ccc(F)cc2)n1.I. The number of nitrogens with zero attached hydrogens (tertiary/aromatic N) is 2. The molecule has 1 unspecified atom stereocenters. The van der Waals surface area contributed by atoms with Crippen LogP contribution in [0.25, 0.3) is 11.5 Å². The number of rotatable bonds is 9. The molecule has 1 aromatic heterocycles. The molecule has 0 amide bonds. The first-order valence-electron chi connectivity index (χ1n) is 9.21. The predicted molar refractivity (Wildman–Crippen MR) is 119 cm³/mol. The molecule has 7 heteroatoms. The fourth-order valence-electron chi connectivity index (χ4n) is 2.64. The van der Waals surface area contributed by atoms with Crippen LogP contribution >= 0.6 is 24.0 Å². The first-order chi connectivity index (χ1) is 12.4. The Labute approximate surface area is 178 Å². The van der Waals surface area contributed by atoms with E-state index in [1.165, 1.54) is 25.0 Å². The van der Waals surface area contributed by atoms with Gasteiger partial charge in [0.25, 0.3) is 0 Å². The molecular weight excluding hydrogens is 458 g/mol. The molecule has 1 heterocycles. The summed E-state index contributed by atoms with van der Waals surface area (Å²) in [5, 5.41) is 3.22. The van der Waals surface area contributed by atoms with Crippen molar-refractivity contribution in [1.82, 2.24) is 10.3 Å². The summed E-state index contributed by atoms with van der Waals surface area (Å²) in [6, 6.07) is 6.38. The van der Waals surface area contributed by atoms with Crippen LogP contribution in [0.1, 0.15) is 45.7 Å². The van der Waals surface area contributed by atoms with E-state index in [1.807, 2.05) is 0 Å². The highest BCUT2D eigenvalue weighted by Gasteiger charge is 2.07. The van der Waals surface area contributed by atoms with Crippen molar-refractivity contribution in [1.29, 1.82) is 0 Å². The molecule has 0 saturated carbocycles.